The van der Waals surface area contributed by atoms with Gasteiger partial charge in [0, 0.05) is 15.9 Å². The summed E-state index contributed by atoms with van der Waals surface area (Å²) in [6, 6.07) is 0. The first-order valence-electron chi connectivity index (χ1n) is 5.99. The van der Waals surface area contributed by atoms with E-state index in [1.807, 2.05) is 0 Å². The minimum atomic E-state index is -0.555. The molecule has 1 aromatic rings. The second-order valence-corrected chi connectivity index (χ2v) is 4.69. The first-order chi connectivity index (χ1) is 8.72. The molecule has 1 aliphatic heterocycles. The largest absolute Gasteiger partial charge is 0.450 e. The molecule has 0 spiro atoms. The van der Waals surface area contributed by atoms with Crippen LogP contribution in [0.5, 0.6) is 0 Å². The van der Waals surface area contributed by atoms with E-state index < -0.39 is 6.09 Å². The monoisotopic (exact) mass is 319 g/mol. The van der Waals surface area contributed by atoms with Gasteiger partial charge in [-0.2, -0.15) is 5.01 Å². The number of rotatable bonds is 3. The third-order valence-corrected chi connectivity index (χ3v) is 3.34. The number of hydrogen-bond acceptors (Lipinski definition) is 5. The fourth-order valence-electron chi connectivity index (χ4n) is 1.82. The van der Waals surface area contributed by atoms with E-state index in [2.05, 4.69) is 31.5 Å². The van der Waals surface area contributed by atoms with Crippen LogP contribution in [0.2, 0.25) is 0 Å². The van der Waals surface area contributed by atoms with E-state index in [-0.39, 0.29) is 5.88 Å². The Kier molecular flexibility index (Phi) is 4.40. The number of ether oxygens (including phenoxy) is 1. The van der Waals surface area contributed by atoms with Gasteiger partial charge in [0.15, 0.2) is 0 Å². The lowest BCUT2D eigenvalue weighted by atomic mass is 10.2. The number of carbonyl (C=O) groups is 1. The number of anilines is 1. The minimum absolute atomic E-state index is 0.249. The molecule has 0 bridgehead atoms. The normalized spacial score (nSPS) is 15.6. The lowest BCUT2D eigenvalue weighted by Crippen LogP contribution is -2.61. The molecule has 0 aliphatic carbocycles. The molecule has 1 aliphatic rings. The lowest BCUT2D eigenvalue weighted by molar-refractivity contribution is -0.768. The fraction of sp³-hybridized carbons (Fsp3) is 0.700. The molecule has 2 rings (SSSR count). The maximum atomic E-state index is 11.3. The molecule has 1 fully saturated rings. The molecule has 8 heteroatoms. The van der Waals surface area contributed by atoms with Crippen molar-refractivity contribution >= 4 is 27.9 Å². The first kappa shape index (κ1) is 13.1. The fourth-order valence-corrected chi connectivity index (χ4v) is 2.28. The quantitative estimate of drug-likeness (QED) is 0.853. The summed E-state index contributed by atoms with van der Waals surface area (Å²) in [6.07, 6.45) is 2.94. The van der Waals surface area contributed by atoms with Crippen molar-refractivity contribution in [1.82, 2.24) is 5.27 Å². The number of nitrogens with zero attached hydrogens (tertiary/aromatic N) is 3. The van der Waals surface area contributed by atoms with Gasteiger partial charge in [0.05, 0.1) is 24.5 Å². The molecule has 0 saturated carbocycles. The van der Waals surface area contributed by atoms with Crippen molar-refractivity contribution in [2.45, 2.75) is 26.2 Å². The van der Waals surface area contributed by atoms with E-state index in [4.69, 9.17) is 9.26 Å². The number of aromatic nitrogens is 2. The molecule has 0 radical (unpaired) electrons. The average molecular weight is 320 g/mol. The van der Waals surface area contributed by atoms with Gasteiger partial charge in [-0.15, -0.1) is 0 Å². The van der Waals surface area contributed by atoms with Gasteiger partial charge in [-0.1, -0.05) is 0 Å². The van der Waals surface area contributed by atoms with Crippen molar-refractivity contribution in [2.75, 3.05) is 30.0 Å². The molecule has 18 heavy (non-hydrogen) atoms. The summed E-state index contributed by atoms with van der Waals surface area (Å²) in [5.41, 5.74) is 0. The molecular weight excluding hydrogens is 304 g/mol. The van der Waals surface area contributed by atoms with Gasteiger partial charge in [0.25, 0.3) is 0 Å². The zero-order valence-corrected chi connectivity index (χ0v) is 11.8. The molecule has 1 aromatic heterocycles. The van der Waals surface area contributed by atoms with Crippen molar-refractivity contribution in [3.05, 3.63) is 4.60 Å². The van der Waals surface area contributed by atoms with E-state index in [0.29, 0.717) is 11.2 Å². The topological polar surface area (TPSA) is 71.5 Å². The molecule has 1 amide bonds. The summed E-state index contributed by atoms with van der Waals surface area (Å²) in [5, 5.41) is 8.45. The zero-order valence-electron chi connectivity index (χ0n) is 10.2. The summed E-state index contributed by atoms with van der Waals surface area (Å²) >= 11 is 3.36. The molecule has 0 aromatic carbocycles. The summed E-state index contributed by atoms with van der Waals surface area (Å²) < 4.78 is 10.4. The van der Waals surface area contributed by atoms with Gasteiger partial charge in [-0.25, -0.2) is 4.79 Å². The van der Waals surface area contributed by atoms with Crippen LogP contribution in [-0.2, 0) is 4.74 Å². The van der Waals surface area contributed by atoms with Gasteiger partial charge in [-0.05, 0) is 26.2 Å². The van der Waals surface area contributed by atoms with Crippen LogP contribution < -0.4 is 15.1 Å². The predicted molar refractivity (Wildman–Crippen MR) is 66.8 cm³/mol. The van der Waals surface area contributed by atoms with Gasteiger partial charge in [-0.3, -0.25) is 9.84 Å². The number of amides is 1. The van der Waals surface area contributed by atoms with Crippen LogP contribution >= 0.6 is 15.9 Å². The Bertz CT molecular complexity index is 417. The van der Waals surface area contributed by atoms with Crippen molar-refractivity contribution in [1.29, 1.82) is 0 Å². The van der Waals surface area contributed by atoms with Crippen LogP contribution in [-0.4, -0.2) is 31.1 Å². The molecule has 1 saturated heterocycles. The van der Waals surface area contributed by atoms with Crippen LogP contribution in [0.25, 0.3) is 0 Å². The van der Waals surface area contributed by atoms with Gasteiger partial charge >= 0.3 is 16.6 Å². The van der Waals surface area contributed by atoms with E-state index in [1.54, 1.807) is 11.7 Å². The summed E-state index contributed by atoms with van der Waals surface area (Å²) in [5.74, 6) is 0.249. The molecular formula is C10H16BrN4O3+. The minimum Gasteiger partial charge on any atom is -0.450 e. The second kappa shape index (κ2) is 6.03. The zero-order chi connectivity index (χ0) is 13.0. The van der Waals surface area contributed by atoms with Gasteiger partial charge < -0.3 is 4.74 Å². The highest BCUT2D eigenvalue weighted by Gasteiger charge is 2.30. The highest BCUT2D eigenvalue weighted by Crippen LogP contribution is 2.18. The van der Waals surface area contributed by atoms with Gasteiger partial charge in [0.1, 0.15) is 0 Å². The van der Waals surface area contributed by atoms with Crippen molar-refractivity contribution < 1.29 is 18.8 Å². The van der Waals surface area contributed by atoms with Crippen molar-refractivity contribution in [3.8, 4) is 0 Å². The number of carbonyl (C=O) groups excluding carboxylic acids is 1. The maximum absolute atomic E-state index is 11.3. The smallest absolute Gasteiger partial charge is 0.414 e. The third kappa shape index (κ3) is 2.92. The Morgan fingerprint density at radius 3 is 2.94 bits per heavy atom. The van der Waals surface area contributed by atoms with Crippen LogP contribution in [0.1, 0.15) is 26.2 Å². The van der Waals surface area contributed by atoms with Crippen LogP contribution in [0.4, 0.5) is 10.7 Å². The number of piperidine rings is 1. The van der Waals surface area contributed by atoms with Crippen LogP contribution in [0, 0.1) is 0 Å². The van der Waals surface area contributed by atoms with Crippen molar-refractivity contribution in [2.24, 2.45) is 0 Å². The van der Waals surface area contributed by atoms with E-state index in [0.717, 1.165) is 25.9 Å². The molecule has 7 nitrogen and oxygen atoms in total. The molecule has 0 unspecified atom stereocenters. The Balaban J connectivity index is 2.05. The SMILES string of the molecule is CCOC(=O)Nc1on[n+](N2CCCCC2)c1Br. The average Bonchev–Trinajstić information content (AvgIpc) is 2.72. The molecule has 1 N–H and O–H groups in total. The Hall–Kier alpha value is -1.31. The summed E-state index contributed by atoms with van der Waals surface area (Å²) in [6.45, 7) is 3.90. The maximum Gasteiger partial charge on any atom is 0.414 e. The summed E-state index contributed by atoms with van der Waals surface area (Å²) in [4.78, 5) is 12.9. The van der Waals surface area contributed by atoms with Crippen LogP contribution in [0.15, 0.2) is 9.13 Å². The Morgan fingerprint density at radius 2 is 2.28 bits per heavy atom. The standard InChI is InChI=1S/C10H15BrN4O3/c1-2-17-10(16)12-9-8(11)15(13-18-9)14-6-4-3-5-7-14/h2-7H2,1H3/p+1. The molecule has 0 atom stereocenters. The summed E-state index contributed by atoms with van der Waals surface area (Å²) in [7, 11) is 0. The van der Waals surface area contributed by atoms with Crippen molar-refractivity contribution in [3.63, 3.8) is 0 Å². The molecule has 100 valence electrons. The Labute approximate surface area is 113 Å². The Morgan fingerprint density at radius 1 is 1.56 bits per heavy atom. The van der Waals surface area contributed by atoms with E-state index in [9.17, 15) is 4.79 Å². The second-order valence-electron chi connectivity index (χ2n) is 3.94. The lowest BCUT2D eigenvalue weighted by Gasteiger charge is -2.18. The van der Waals surface area contributed by atoms with Gasteiger partial charge in [0.2, 0.25) is 5.27 Å². The number of hydrogen-bond donors (Lipinski definition) is 1. The highest BCUT2D eigenvalue weighted by atomic mass is 79.9. The number of nitrogens with one attached hydrogen (secondary N) is 1. The molecule has 2 heterocycles. The first-order valence-corrected chi connectivity index (χ1v) is 6.78. The highest BCUT2D eigenvalue weighted by molar-refractivity contribution is 9.10. The van der Waals surface area contributed by atoms with Crippen LogP contribution in [0.3, 0.4) is 0 Å². The predicted octanol–water partition coefficient (Wildman–Crippen LogP) is 1.41. The third-order valence-electron chi connectivity index (χ3n) is 2.66. The van der Waals surface area contributed by atoms with E-state index in [1.165, 1.54) is 6.42 Å². The number of halogens is 1. The van der Waals surface area contributed by atoms with E-state index >= 15 is 0 Å².